The average Bonchev–Trinajstić information content (AvgIpc) is 2.69. The van der Waals surface area contributed by atoms with E-state index in [1.807, 2.05) is 25.1 Å². The smallest absolute Gasteiger partial charge is 0.113 e. The first kappa shape index (κ1) is 20.0. The topological polar surface area (TPSA) is 90.2 Å². The Morgan fingerprint density at radius 3 is 2.11 bits per heavy atom. The van der Waals surface area contributed by atoms with E-state index in [9.17, 15) is 20.4 Å². The Morgan fingerprint density at radius 2 is 1.48 bits per heavy atom. The van der Waals surface area contributed by atoms with Gasteiger partial charge in [0.05, 0.1) is 6.61 Å². The first-order valence-corrected chi connectivity index (χ1v) is 9.42. The van der Waals surface area contributed by atoms with Crippen molar-refractivity contribution in [1.82, 2.24) is 0 Å². The molecule has 0 aromatic heterocycles. The summed E-state index contributed by atoms with van der Waals surface area (Å²) in [5, 5.41) is 39.9. The Labute approximate surface area is 159 Å². The Morgan fingerprint density at radius 1 is 0.852 bits per heavy atom. The van der Waals surface area contributed by atoms with Crippen molar-refractivity contribution in [3.8, 4) is 0 Å². The third-order valence-corrected chi connectivity index (χ3v) is 5.38. The zero-order valence-electron chi connectivity index (χ0n) is 15.7. The molecule has 0 unspecified atom stereocenters. The van der Waals surface area contributed by atoms with E-state index in [2.05, 4.69) is 31.2 Å². The number of hydrogen-bond acceptors (Lipinski definition) is 5. The van der Waals surface area contributed by atoms with E-state index in [0.717, 1.165) is 29.5 Å². The highest BCUT2D eigenvalue weighted by Gasteiger charge is 2.44. The summed E-state index contributed by atoms with van der Waals surface area (Å²) in [4.78, 5) is 0. The minimum absolute atomic E-state index is 0.427. The van der Waals surface area contributed by atoms with Crippen LogP contribution in [0.1, 0.15) is 40.8 Å². The van der Waals surface area contributed by atoms with Crippen LogP contribution in [-0.4, -0.2) is 51.4 Å². The molecule has 27 heavy (non-hydrogen) atoms. The molecule has 1 saturated heterocycles. The van der Waals surface area contributed by atoms with Crippen molar-refractivity contribution >= 4 is 0 Å². The van der Waals surface area contributed by atoms with Gasteiger partial charge in [0.15, 0.2) is 0 Å². The van der Waals surface area contributed by atoms with Gasteiger partial charge in [-0.3, -0.25) is 0 Å². The van der Waals surface area contributed by atoms with Gasteiger partial charge in [-0.25, -0.2) is 0 Å². The van der Waals surface area contributed by atoms with Crippen LogP contribution in [0.3, 0.4) is 0 Å². The van der Waals surface area contributed by atoms with Gasteiger partial charge in [-0.15, -0.1) is 0 Å². The summed E-state index contributed by atoms with van der Waals surface area (Å²) in [5.74, 6) is 0. The first-order chi connectivity index (χ1) is 12.9. The lowest BCUT2D eigenvalue weighted by Crippen LogP contribution is -2.55. The zero-order valence-corrected chi connectivity index (χ0v) is 15.7. The summed E-state index contributed by atoms with van der Waals surface area (Å²) in [6, 6.07) is 14.5. The first-order valence-electron chi connectivity index (χ1n) is 9.42. The molecule has 1 aliphatic heterocycles. The summed E-state index contributed by atoms with van der Waals surface area (Å²) in [5.41, 5.74) is 5.23. The Kier molecular flexibility index (Phi) is 6.29. The number of rotatable bonds is 5. The van der Waals surface area contributed by atoms with Crippen LogP contribution in [0, 0.1) is 6.92 Å². The van der Waals surface area contributed by atoms with Crippen LogP contribution in [0.4, 0.5) is 0 Å². The van der Waals surface area contributed by atoms with Gasteiger partial charge in [-0.2, -0.15) is 0 Å². The molecule has 0 aliphatic carbocycles. The normalized spacial score (nSPS) is 28.3. The van der Waals surface area contributed by atoms with Crippen LogP contribution in [0.5, 0.6) is 0 Å². The summed E-state index contributed by atoms with van der Waals surface area (Å²) >= 11 is 0. The highest BCUT2D eigenvalue weighted by Crippen LogP contribution is 2.34. The second-order valence-electron chi connectivity index (χ2n) is 7.29. The minimum atomic E-state index is -1.37. The molecule has 2 aromatic rings. The van der Waals surface area contributed by atoms with Gasteiger partial charge in [0.2, 0.25) is 0 Å². The van der Waals surface area contributed by atoms with Crippen LogP contribution < -0.4 is 0 Å². The van der Waals surface area contributed by atoms with E-state index in [1.54, 1.807) is 0 Å². The molecule has 0 bridgehead atoms. The fourth-order valence-corrected chi connectivity index (χ4v) is 3.59. The molecule has 2 aromatic carbocycles. The van der Waals surface area contributed by atoms with Gasteiger partial charge in [-0.05, 0) is 47.6 Å². The number of ether oxygens (including phenoxy) is 1. The monoisotopic (exact) mass is 372 g/mol. The largest absolute Gasteiger partial charge is 0.394 e. The summed E-state index contributed by atoms with van der Waals surface area (Å²) in [6.45, 7) is 3.61. The summed E-state index contributed by atoms with van der Waals surface area (Å²) in [7, 11) is 0. The molecular weight excluding hydrogens is 344 g/mol. The van der Waals surface area contributed by atoms with Crippen LogP contribution in [-0.2, 0) is 17.6 Å². The quantitative estimate of drug-likeness (QED) is 0.641. The van der Waals surface area contributed by atoms with Crippen molar-refractivity contribution in [3.63, 3.8) is 0 Å². The van der Waals surface area contributed by atoms with Gasteiger partial charge >= 0.3 is 0 Å². The molecule has 5 heteroatoms. The molecule has 1 heterocycles. The molecule has 1 fully saturated rings. The number of hydrogen-bond donors (Lipinski definition) is 4. The van der Waals surface area contributed by atoms with Gasteiger partial charge in [-0.1, -0.05) is 49.4 Å². The maximum Gasteiger partial charge on any atom is 0.113 e. The summed E-state index contributed by atoms with van der Waals surface area (Å²) in [6.07, 6.45) is -3.94. The summed E-state index contributed by atoms with van der Waals surface area (Å²) < 4.78 is 5.72. The van der Waals surface area contributed by atoms with E-state index < -0.39 is 37.1 Å². The van der Waals surface area contributed by atoms with Crippen molar-refractivity contribution in [2.24, 2.45) is 0 Å². The molecule has 5 nitrogen and oxygen atoms in total. The molecule has 3 rings (SSSR count). The van der Waals surface area contributed by atoms with Crippen molar-refractivity contribution in [1.29, 1.82) is 0 Å². The molecule has 0 amide bonds. The molecule has 5 atom stereocenters. The number of aliphatic hydroxyl groups excluding tert-OH is 4. The SMILES string of the molecule is CCc1ccc(Cc2ccc(C)c([C@@H]3O[C@H](CO)[C@@H](O)[C@H](O)[C@H]3O)c2)cc1. The molecule has 1 aliphatic rings. The molecule has 4 N–H and O–H groups in total. The van der Waals surface area contributed by atoms with Crippen LogP contribution in [0.2, 0.25) is 0 Å². The van der Waals surface area contributed by atoms with Crippen LogP contribution >= 0.6 is 0 Å². The van der Waals surface area contributed by atoms with E-state index in [-0.39, 0.29) is 0 Å². The van der Waals surface area contributed by atoms with Crippen LogP contribution in [0.25, 0.3) is 0 Å². The lowest BCUT2D eigenvalue weighted by atomic mass is 9.88. The fourth-order valence-electron chi connectivity index (χ4n) is 3.59. The Balaban J connectivity index is 1.86. The molecule has 0 saturated carbocycles. The minimum Gasteiger partial charge on any atom is -0.394 e. The van der Waals surface area contributed by atoms with E-state index >= 15 is 0 Å². The van der Waals surface area contributed by atoms with Crippen molar-refractivity contribution in [2.75, 3.05) is 6.61 Å². The third-order valence-electron chi connectivity index (χ3n) is 5.38. The van der Waals surface area contributed by atoms with Gasteiger partial charge in [0.1, 0.15) is 30.5 Å². The predicted octanol–water partition coefficient (Wildman–Crippen LogP) is 1.66. The second kappa shape index (κ2) is 8.50. The van der Waals surface area contributed by atoms with E-state index in [1.165, 1.54) is 11.1 Å². The zero-order chi connectivity index (χ0) is 19.6. The van der Waals surface area contributed by atoms with Crippen molar-refractivity contribution in [2.45, 2.75) is 57.2 Å². The predicted molar refractivity (Wildman–Crippen MR) is 103 cm³/mol. The molecule has 146 valence electrons. The molecular formula is C22H28O5. The van der Waals surface area contributed by atoms with Gasteiger partial charge in [0.25, 0.3) is 0 Å². The molecule has 0 spiro atoms. The number of benzene rings is 2. The molecule has 0 radical (unpaired) electrons. The number of aliphatic hydroxyl groups is 4. The van der Waals surface area contributed by atoms with Crippen molar-refractivity contribution < 1.29 is 25.2 Å². The lowest BCUT2D eigenvalue weighted by molar-refractivity contribution is -0.231. The second-order valence-corrected chi connectivity index (χ2v) is 7.29. The Bertz CT molecular complexity index is 756. The fraction of sp³-hybridized carbons (Fsp3) is 0.455. The third kappa shape index (κ3) is 4.23. The lowest BCUT2D eigenvalue weighted by Gasteiger charge is -2.40. The number of aryl methyl sites for hydroxylation is 2. The highest BCUT2D eigenvalue weighted by molar-refractivity contribution is 5.37. The van der Waals surface area contributed by atoms with Gasteiger partial charge in [0, 0.05) is 0 Å². The highest BCUT2D eigenvalue weighted by atomic mass is 16.5. The maximum atomic E-state index is 10.4. The van der Waals surface area contributed by atoms with E-state index in [4.69, 9.17) is 4.74 Å². The van der Waals surface area contributed by atoms with Crippen molar-refractivity contribution in [3.05, 3.63) is 70.3 Å². The maximum absolute atomic E-state index is 10.4. The van der Waals surface area contributed by atoms with Gasteiger partial charge < -0.3 is 25.2 Å². The van der Waals surface area contributed by atoms with Crippen LogP contribution in [0.15, 0.2) is 42.5 Å². The Hall–Kier alpha value is -1.76. The standard InChI is InChI=1S/C22H28O5/c1-3-14-6-8-15(9-7-14)10-16-5-4-13(2)17(11-16)22-21(26)20(25)19(24)18(12-23)27-22/h4-9,11,18-26H,3,10,12H2,1-2H3/t18-,19-,20+,21-,22+/m1/s1. The average molecular weight is 372 g/mol. The van der Waals surface area contributed by atoms with E-state index in [0.29, 0.717) is 0 Å².